The van der Waals surface area contributed by atoms with Crippen LogP contribution in [0, 0.1) is 11.8 Å². The van der Waals surface area contributed by atoms with Gasteiger partial charge in [0.05, 0.1) is 0 Å². The summed E-state index contributed by atoms with van der Waals surface area (Å²) in [5, 5.41) is 12.4. The normalized spacial score (nSPS) is 38.0. The summed E-state index contributed by atoms with van der Waals surface area (Å²) in [6.07, 6.45) is 10.4. The number of allylic oxidation sites excluding steroid dienone is 1. The van der Waals surface area contributed by atoms with Gasteiger partial charge in [-0.25, -0.2) is 4.79 Å². The number of rotatable bonds is 1. The summed E-state index contributed by atoms with van der Waals surface area (Å²) in [5.74, 6) is -1.17. The predicted molar refractivity (Wildman–Crippen MR) is 92.7 cm³/mol. The van der Waals surface area contributed by atoms with E-state index >= 15 is 0 Å². The van der Waals surface area contributed by atoms with Crippen LogP contribution in [-0.4, -0.2) is 45.9 Å². The number of aliphatic carboxylic acids is 1. The minimum absolute atomic E-state index is 0.0224. The lowest BCUT2D eigenvalue weighted by molar-refractivity contribution is -0.145. The van der Waals surface area contributed by atoms with Gasteiger partial charge in [-0.3, -0.25) is 9.59 Å². The first kappa shape index (κ1) is 18.0. The van der Waals surface area contributed by atoms with Gasteiger partial charge >= 0.3 is 5.97 Å². The standard InChI is InChI=1S/C19H28N2O4/c1-13-10-15-17(23)20-19(18(24)25)11-14(19)8-6-4-2-3-5-7-9-16(22)21(15)12-13/h6,8,13-15H,2-5,7,9-12H2,1H3,(H,20,23)(H,24,25)/b8-6-/t13-,14?,15+,19?/m1/s1. The maximum Gasteiger partial charge on any atom is 0.330 e. The van der Waals surface area contributed by atoms with Gasteiger partial charge < -0.3 is 15.3 Å². The lowest BCUT2D eigenvalue weighted by Gasteiger charge is -2.26. The average molecular weight is 348 g/mol. The Morgan fingerprint density at radius 2 is 2.04 bits per heavy atom. The van der Waals surface area contributed by atoms with E-state index in [0.717, 1.165) is 32.1 Å². The molecule has 1 saturated heterocycles. The number of carbonyl (C=O) groups is 3. The van der Waals surface area contributed by atoms with Crippen molar-refractivity contribution in [1.82, 2.24) is 10.2 Å². The Labute approximate surface area is 148 Å². The number of nitrogens with zero attached hydrogens (tertiary/aromatic N) is 1. The van der Waals surface area contributed by atoms with Crippen molar-refractivity contribution in [3.63, 3.8) is 0 Å². The van der Waals surface area contributed by atoms with Gasteiger partial charge in [0.25, 0.3) is 0 Å². The van der Waals surface area contributed by atoms with Crippen molar-refractivity contribution in [2.75, 3.05) is 6.54 Å². The molecule has 1 saturated carbocycles. The van der Waals surface area contributed by atoms with Crippen LogP contribution >= 0.6 is 0 Å². The first-order valence-electron chi connectivity index (χ1n) is 9.45. The molecule has 0 radical (unpaired) electrons. The zero-order valence-corrected chi connectivity index (χ0v) is 14.9. The molecule has 0 aromatic carbocycles. The van der Waals surface area contributed by atoms with E-state index < -0.39 is 17.6 Å². The molecule has 1 aliphatic carbocycles. The highest BCUT2D eigenvalue weighted by molar-refractivity contribution is 5.94. The first-order valence-corrected chi connectivity index (χ1v) is 9.45. The van der Waals surface area contributed by atoms with Gasteiger partial charge in [0.1, 0.15) is 11.6 Å². The zero-order chi connectivity index (χ0) is 18.0. The van der Waals surface area contributed by atoms with Gasteiger partial charge in [-0.05, 0) is 38.0 Å². The maximum atomic E-state index is 12.8. The number of hydrogen-bond acceptors (Lipinski definition) is 3. The summed E-state index contributed by atoms with van der Waals surface area (Å²) in [6, 6.07) is -0.533. The largest absolute Gasteiger partial charge is 0.479 e. The molecule has 138 valence electrons. The summed E-state index contributed by atoms with van der Waals surface area (Å²) >= 11 is 0. The third-order valence-electron chi connectivity index (χ3n) is 5.76. The molecular formula is C19H28N2O4. The molecule has 0 aromatic heterocycles. The minimum atomic E-state index is -1.19. The number of hydrogen-bond donors (Lipinski definition) is 2. The van der Waals surface area contributed by atoms with Crippen molar-refractivity contribution in [2.24, 2.45) is 11.8 Å². The molecule has 2 fully saturated rings. The molecule has 2 amide bonds. The van der Waals surface area contributed by atoms with Crippen molar-refractivity contribution < 1.29 is 19.5 Å². The molecule has 4 atom stereocenters. The van der Waals surface area contributed by atoms with Crippen LogP contribution in [0.25, 0.3) is 0 Å². The van der Waals surface area contributed by atoms with Crippen LogP contribution in [0.3, 0.4) is 0 Å². The van der Waals surface area contributed by atoms with Crippen LogP contribution in [0.4, 0.5) is 0 Å². The molecule has 0 bridgehead atoms. The van der Waals surface area contributed by atoms with Gasteiger partial charge in [-0.1, -0.05) is 31.9 Å². The highest BCUT2D eigenvalue weighted by Crippen LogP contribution is 2.45. The Morgan fingerprint density at radius 1 is 1.28 bits per heavy atom. The van der Waals surface area contributed by atoms with E-state index in [-0.39, 0.29) is 23.7 Å². The van der Waals surface area contributed by atoms with Gasteiger partial charge in [0.15, 0.2) is 0 Å². The van der Waals surface area contributed by atoms with Crippen LogP contribution in [0.15, 0.2) is 12.2 Å². The van der Waals surface area contributed by atoms with Crippen molar-refractivity contribution in [3.05, 3.63) is 12.2 Å². The number of nitrogens with one attached hydrogen (secondary N) is 1. The van der Waals surface area contributed by atoms with E-state index in [4.69, 9.17) is 0 Å². The molecule has 0 spiro atoms. The summed E-state index contributed by atoms with van der Waals surface area (Å²) in [5.41, 5.74) is -1.19. The highest BCUT2D eigenvalue weighted by Gasteiger charge is 2.61. The second kappa shape index (κ2) is 7.18. The van der Waals surface area contributed by atoms with E-state index in [9.17, 15) is 19.5 Å². The average Bonchev–Trinajstić information content (AvgIpc) is 3.11. The van der Waals surface area contributed by atoms with E-state index in [0.29, 0.717) is 25.8 Å². The number of carboxylic acid groups (broad SMARTS) is 1. The van der Waals surface area contributed by atoms with E-state index in [2.05, 4.69) is 5.32 Å². The fraction of sp³-hybridized carbons (Fsp3) is 0.737. The van der Waals surface area contributed by atoms with Crippen LogP contribution < -0.4 is 5.32 Å². The third-order valence-corrected chi connectivity index (χ3v) is 5.76. The Balaban J connectivity index is 1.79. The van der Waals surface area contributed by atoms with E-state index in [1.165, 1.54) is 0 Å². The van der Waals surface area contributed by atoms with Gasteiger partial charge in [0, 0.05) is 18.9 Å². The summed E-state index contributed by atoms with van der Waals surface area (Å²) in [6.45, 7) is 2.61. The quantitative estimate of drug-likeness (QED) is 0.711. The molecular weight excluding hydrogens is 320 g/mol. The van der Waals surface area contributed by atoms with Gasteiger partial charge in [0.2, 0.25) is 11.8 Å². The van der Waals surface area contributed by atoms with Crippen molar-refractivity contribution in [2.45, 2.75) is 69.9 Å². The minimum Gasteiger partial charge on any atom is -0.479 e. The number of amides is 2. The van der Waals surface area contributed by atoms with Crippen LogP contribution in [0.1, 0.15) is 58.3 Å². The van der Waals surface area contributed by atoms with Crippen molar-refractivity contribution in [1.29, 1.82) is 0 Å². The van der Waals surface area contributed by atoms with Crippen LogP contribution in [-0.2, 0) is 14.4 Å². The summed E-state index contributed by atoms with van der Waals surface area (Å²) in [4.78, 5) is 38.7. The molecule has 3 rings (SSSR count). The SMILES string of the molecule is C[C@@H]1C[C@H]2C(=O)NC3(C(=O)O)CC3/C=C\CCCCCCC(=O)N2C1. The smallest absolute Gasteiger partial charge is 0.330 e. The molecule has 0 aromatic rings. The predicted octanol–water partition coefficient (Wildman–Crippen LogP) is 2.09. The number of carbonyl (C=O) groups excluding carboxylic acids is 2. The lowest BCUT2D eigenvalue weighted by Crippen LogP contribution is -2.53. The van der Waals surface area contributed by atoms with E-state index in [1.807, 2.05) is 19.1 Å². The summed E-state index contributed by atoms with van der Waals surface area (Å²) < 4.78 is 0. The molecule has 2 heterocycles. The fourth-order valence-electron chi connectivity index (χ4n) is 4.13. The number of fused-ring (bicyclic) bond motifs is 2. The molecule has 6 heteroatoms. The second-order valence-electron chi connectivity index (χ2n) is 7.86. The molecule has 25 heavy (non-hydrogen) atoms. The Kier molecular flexibility index (Phi) is 5.16. The third kappa shape index (κ3) is 3.72. The van der Waals surface area contributed by atoms with Crippen LogP contribution in [0.2, 0.25) is 0 Å². The highest BCUT2D eigenvalue weighted by atomic mass is 16.4. The lowest BCUT2D eigenvalue weighted by atomic mass is 10.1. The molecule has 3 aliphatic rings. The molecule has 2 aliphatic heterocycles. The Bertz CT molecular complexity index is 588. The van der Waals surface area contributed by atoms with Gasteiger partial charge in [-0.15, -0.1) is 0 Å². The van der Waals surface area contributed by atoms with Crippen LogP contribution in [0.5, 0.6) is 0 Å². The maximum absolute atomic E-state index is 12.8. The Hall–Kier alpha value is -1.85. The number of carboxylic acids is 1. The first-order chi connectivity index (χ1) is 11.9. The summed E-state index contributed by atoms with van der Waals surface area (Å²) in [7, 11) is 0. The monoisotopic (exact) mass is 348 g/mol. The molecule has 6 nitrogen and oxygen atoms in total. The zero-order valence-electron chi connectivity index (χ0n) is 14.9. The second-order valence-corrected chi connectivity index (χ2v) is 7.86. The van der Waals surface area contributed by atoms with E-state index in [1.54, 1.807) is 4.90 Å². The molecule has 2 unspecified atom stereocenters. The topological polar surface area (TPSA) is 86.7 Å². The van der Waals surface area contributed by atoms with Gasteiger partial charge in [-0.2, -0.15) is 0 Å². The fourth-order valence-corrected chi connectivity index (χ4v) is 4.13. The van der Waals surface area contributed by atoms with Crippen molar-refractivity contribution >= 4 is 17.8 Å². The molecule has 2 N–H and O–H groups in total. The Morgan fingerprint density at radius 3 is 2.80 bits per heavy atom. The van der Waals surface area contributed by atoms with Crippen molar-refractivity contribution in [3.8, 4) is 0 Å².